The molecule has 0 radical (unpaired) electrons. The van der Waals surface area contributed by atoms with Gasteiger partial charge in [0.25, 0.3) is 5.91 Å². The second-order valence-electron chi connectivity index (χ2n) is 4.98. The van der Waals surface area contributed by atoms with Crippen molar-refractivity contribution in [2.45, 2.75) is 0 Å². The topological polar surface area (TPSA) is 76.7 Å². The van der Waals surface area contributed by atoms with Crippen LogP contribution in [0.15, 0.2) is 64.4 Å². The van der Waals surface area contributed by atoms with Crippen LogP contribution in [0.2, 0.25) is 5.02 Å². The number of methoxy groups -OCH3 is 1. The molecule has 126 valence electrons. The highest BCUT2D eigenvalue weighted by Gasteiger charge is 2.11. The molecule has 1 aromatic carbocycles. The highest BCUT2D eigenvalue weighted by molar-refractivity contribution is 6.30. The molecule has 3 rings (SSSR count). The van der Waals surface area contributed by atoms with E-state index >= 15 is 0 Å². The summed E-state index contributed by atoms with van der Waals surface area (Å²) < 4.78 is 11.0. The number of hydrogen-bond acceptors (Lipinski definition) is 5. The van der Waals surface area contributed by atoms with Gasteiger partial charge in [-0.2, -0.15) is 5.10 Å². The summed E-state index contributed by atoms with van der Waals surface area (Å²) in [6.07, 6.45) is 4.49. The molecule has 0 bridgehead atoms. The van der Waals surface area contributed by atoms with E-state index in [2.05, 4.69) is 15.5 Å². The predicted octanol–water partition coefficient (Wildman–Crippen LogP) is 3.77. The normalized spacial score (nSPS) is 10.8. The molecule has 0 saturated carbocycles. The molecule has 0 aliphatic rings. The van der Waals surface area contributed by atoms with Crippen molar-refractivity contribution in [3.05, 3.63) is 71.2 Å². The number of ether oxygens (including phenoxy) is 1. The molecule has 2 aromatic heterocycles. The molecule has 0 fully saturated rings. The van der Waals surface area contributed by atoms with E-state index in [1.807, 2.05) is 0 Å². The Hall–Kier alpha value is -3.12. The average Bonchev–Trinajstić information content (AvgIpc) is 3.11. The number of carbonyl (C=O) groups excluding carboxylic acids is 1. The smallest absolute Gasteiger partial charge is 0.271 e. The van der Waals surface area contributed by atoms with Gasteiger partial charge in [0.1, 0.15) is 17.3 Å². The maximum atomic E-state index is 11.9. The van der Waals surface area contributed by atoms with Gasteiger partial charge in [0.2, 0.25) is 0 Å². The molecule has 0 spiro atoms. The molecular formula is C18H14ClN3O3. The number of carbonyl (C=O) groups is 1. The van der Waals surface area contributed by atoms with Crippen LogP contribution < -0.4 is 10.2 Å². The summed E-state index contributed by atoms with van der Waals surface area (Å²) >= 11 is 6.03. The number of rotatable bonds is 5. The maximum Gasteiger partial charge on any atom is 0.271 e. The lowest BCUT2D eigenvalue weighted by Gasteiger charge is -2.06. The van der Waals surface area contributed by atoms with E-state index < -0.39 is 0 Å². The van der Waals surface area contributed by atoms with Crippen molar-refractivity contribution in [1.82, 2.24) is 10.4 Å². The van der Waals surface area contributed by atoms with E-state index in [0.29, 0.717) is 27.9 Å². The van der Waals surface area contributed by atoms with Crippen LogP contribution in [0.3, 0.4) is 0 Å². The highest BCUT2D eigenvalue weighted by atomic mass is 35.5. The SMILES string of the molecule is COc1ccc(Cl)cc1-c1ccc(/C=N\NC(=O)c2ccncc2)o1. The number of nitrogens with one attached hydrogen (secondary N) is 1. The summed E-state index contributed by atoms with van der Waals surface area (Å²) in [7, 11) is 1.58. The van der Waals surface area contributed by atoms with Crippen LogP contribution in [0.25, 0.3) is 11.3 Å². The first-order valence-electron chi connectivity index (χ1n) is 7.34. The third-order valence-corrected chi connectivity index (χ3v) is 3.59. The van der Waals surface area contributed by atoms with Crippen molar-refractivity contribution in [2.75, 3.05) is 7.11 Å². The molecular weight excluding hydrogens is 342 g/mol. The minimum atomic E-state index is -0.332. The zero-order valence-corrected chi connectivity index (χ0v) is 14.0. The van der Waals surface area contributed by atoms with Crippen molar-refractivity contribution >= 4 is 23.7 Å². The number of furan rings is 1. The van der Waals surface area contributed by atoms with Crippen molar-refractivity contribution in [2.24, 2.45) is 5.10 Å². The molecule has 0 aliphatic carbocycles. The van der Waals surface area contributed by atoms with Crippen LogP contribution in [-0.2, 0) is 0 Å². The molecule has 0 aliphatic heterocycles. The molecule has 1 N–H and O–H groups in total. The van der Waals surface area contributed by atoms with Crippen molar-refractivity contribution < 1.29 is 13.9 Å². The van der Waals surface area contributed by atoms with E-state index in [1.165, 1.54) is 18.6 Å². The highest BCUT2D eigenvalue weighted by Crippen LogP contribution is 2.33. The summed E-state index contributed by atoms with van der Waals surface area (Å²) in [5, 5.41) is 4.46. The van der Waals surface area contributed by atoms with Crippen molar-refractivity contribution in [3.63, 3.8) is 0 Å². The lowest BCUT2D eigenvalue weighted by molar-refractivity contribution is 0.0955. The number of hydrazone groups is 1. The fraction of sp³-hybridized carbons (Fsp3) is 0.0556. The van der Waals surface area contributed by atoms with Crippen LogP contribution in [0.4, 0.5) is 0 Å². The lowest BCUT2D eigenvalue weighted by atomic mass is 10.1. The van der Waals surface area contributed by atoms with Gasteiger partial charge >= 0.3 is 0 Å². The molecule has 0 atom stereocenters. The van der Waals surface area contributed by atoms with Crippen LogP contribution >= 0.6 is 11.6 Å². The second kappa shape index (κ2) is 7.63. The average molecular weight is 356 g/mol. The Morgan fingerprint density at radius 3 is 2.80 bits per heavy atom. The first kappa shape index (κ1) is 16.7. The molecule has 6 nitrogen and oxygen atoms in total. The summed E-state index contributed by atoms with van der Waals surface area (Å²) in [5.41, 5.74) is 3.63. The van der Waals surface area contributed by atoms with Gasteiger partial charge < -0.3 is 9.15 Å². The minimum absolute atomic E-state index is 0.332. The number of halogens is 1. The number of pyridine rings is 1. The molecule has 2 heterocycles. The van der Waals surface area contributed by atoms with Crippen LogP contribution in [0, 0.1) is 0 Å². The van der Waals surface area contributed by atoms with Gasteiger partial charge in [-0.25, -0.2) is 5.43 Å². The van der Waals surface area contributed by atoms with Crippen molar-refractivity contribution in [3.8, 4) is 17.1 Å². The van der Waals surface area contributed by atoms with Gasteiger partial charge in [0.15, 0.2) is 0 Å². The largest absolute Gasteiger partial charge is 0.496 e. The Morgan fingerprint density at radius 1 is 1.24 bits per heavy atom. The predicted molar refractivity (Wildman–Crippen MR) is 95.0 cm³/mol. The third-order valence-electron chi connectivity index (χ3n) is 3.35. The Labute approximate surface area is 149 Å². The molecule has 25 heavy (non-hydrogen) atoms. The van der Waals surface area contributed by atoms with Crippen molar-refractivity contribution in [1.29, 1.82) is 0 Å². The van der Waals surface area contributed by atoms with Crippen LogP contribution in [0.1, 0.15) is 16.1 Å². The first-order valence-corrected chi connectivity index (χ1v) is 7.72. The maximum absolute atomic E-state index is 11.9. The van der Waals surface area contributed by atoms with E-state index in [4.69, 9.17) is 20.8 Å². The summed E-state index contributed by atoms with van der Waals surface area (Å²) in [6.45, 7) is 0. The fourth-order valence-corrected chi connectivity index (χ4v) is 2.33. The van der Waals surface area contributed by atoms with E-state index in [0.717, 1.165) is 5.56 Å². The van der Waals surface area contributed by atoms with Gasteiger partial charge in [-0.3, -0.25) is 9.78 Å². The second-order valence-corrected chi connectivity index (χ2v) is 5.42. The molecule has 7 heteroatoms. The molecule has 3 aromatic rings. The molecule has 0 saturated heterocycles. The van der Waals surface area contributed by atoms with Crippen LogP contribution in [-0.4, -0.2) is 24.2 Å². The van der Waals surface area contributed by atoms with Gasteiger partial charge in [-0.05, 0) is 42.5 Å². The first-order chi connectivity index (χ1) is 12.2. The lowest BCUT2D eigenvalue weighted by Crippen LogP contribution is -2.17. The molecule has 1 amide bonds. The van der Waals surface area contributed by atoms with Crippen LogP contribution in [0.5, 0.6) is 5.75 Å². The number of nitrogens with zero attached hydrogens (tertiary/aromatic N) is 2. The standard InChI is InChI=1S/C18H14ClN3O3/c1-24-16-4-2-13(19)10-15(16)17-5-3-14(25-17)11-21-22-18(23)12-6-8-20-9-7-12/h2-11H,1H3,(H,22,23)/b21-11-. The Morgan fingerprint density at radius 2 is 2.04 bits per heavy atom. The molecule has 0 unspecified atom stereocenters. The van der Waals surface area contributed by atoms with E-state index in [-0.39, 0.29) is 5.91 Å². The van der Waals surface area contributed by atoms with Gasteiger partial charge in [-0.1, -0.05) is 11.6 Å². The monoisotopic (exact) mass is 355 g/mol. The Kier molecular flexibility index (Phi) is 5.11. The third kappa shape index (κ3) is 4.05. The van der Waals surface area contributed by atoms with Gasteiger partial charge in [0.05, 0.1) is 18.9 Å². The summed E-state index contributed by atoms with van der Waals surface area (Å²) in [5.74, 6) is 1.38. The quantitative estimate of drug-likeness (QED) is 0.558. The summed E-state index contributed by atoms with van der Waals surface area (Å²) in [4.78, 5) is 15.7. The summed E-state index contributed by atoms with van der Waals surface area (Å²) in [6, 6.07) is 12.0. The number of benzene rings is 1. The number of aromatic nitrogens is 1. The van der Waals surface area contributed by atoms with E-state index in [9.17, 15) is 4.79 Å². The number of amides is 1. The van der Waals surface area contributed by atoms with Gasteiger partial charge in [-0.15, -0.1) is 0 Å². The number of hydrogen-bond donors (Lipinski definition) is 1. The minimum Gasteiger partial charge on any atom is -0.496 e. The fourth-order valence-electron chi connectivity index (χ4n) is 2.16. The zero-order valence-electron chi connectivity index (χ0n) is 13.3. The zero-order chi connectivity index (χ0) is 17.6. The van der Waals surface area contributed by atoms with E-state index in [1.54, 1.807) is 49.6 Å². The van der Waals surface area contributed by atoms with Gasteiger partial charge in [0, 0.05) is 23.0 Å². The Balaban J connectivity index is 1.72. The Bertz CT molecular complexity index is 907.